The van der Waals surface area contributed by atoms with Crippen LogP contribution in [0.25, 0.3) is 0 Å². The van der Waals surface area contributed by atoms with E-state index < -0.39 is 0 Å². The van der Waals surface area contributed by atoms with Gasteiger partial charge in [0.25, 0.3) is 0 Å². The Morgan fingerprint density at radius 2 is 2.32 bits per heavy atom. The summed E-state index contributed by atoms with van der Waals surface area (Å²) in [5.41, 5.74) is 1.54. The molecule has 0 saturated carbocycles. The van der Waals surface area contributed by atoms with Gasteiger partial charge in [0, 0.05) is 29.1 Å². The third kappa shape index (κ3) is 3.18. The van der Waals surface area contributed by atoms with E-state index in [4.69, 9.17) is 21.1 Å². The highest BCUT2D eigenvalue weighted by molar-refractivity contribution is 6.29. The molecule has 1 heterocycles. The van der Waals surface area contributed by atoms with E-state index in [1.54, 1.807) is 12.1 Å². The minimum absolute atomic E-state index is 0.188. The molecule has 1 aromatic carbocycles. The number of rotatable bonds is 2. The lowest BCUT2D eigenvalue weighted by Crippen LogP contribution is -2.38. The van der Waals surface area contributed by atoms with Crippen LogP contribution in [0.15, 0.2) is 41.5 Å². The van der Waals surface area contributed by atoms with Crippen LogP contribution in [0.3, 0.4) is 0 Å². The third-order valence-electron chi connectivity index (χ3n) is 4.04. The molecule has 1 N–H and O–H groups in total. The van der Waals surface area contributed by atoms with Gasteiger partial charge in [0.2, 0.25) is 0 Å². The average Bonchev–Trinajstić information content (AvgIpc) is 2.76. The highest BCUT2D eigenvalue weighted by Gasteiger charge is 2.25. The third-order valence-corrected chi connectivity index (χ3v) is 4.32. The van der Waals surface area contributed by atoms with E-state index in [0.717, 1.165) is 22.8 Å². The maximum Gasteiger partial charge on any atom is 0.337 e. The number of benzene rings is 1. The number of ether oxygens (including phenoxy) is 2. The van der Waals surface area contributed by atoms with Gasteiger partial charge < -0.3 is 14.8 Å². The Kier molecular flexibility index (Phi) is 4.50. The van der Waals surface area contributed by atoms with E-state index in [-0.39, 0.29) is 12.0 Å². The van der Waals surface area contributed by atoms with Gasteiger partial charge in [-0.05, 0) is 24.6 Å². The second kappa shape index (κ2) is 6.55. The summed E-state index contributed by atoms with van der Waals surface area (Å²) < 4.78 is 10.7. The van der Waals surface area contributed by atoms with E-state index in [2.05, 4.69) is 11.4 Å². The van der Waals surface area contributed by atoms with E-state index in [1.807, 2.05) is 18.2 Å². The fraction of sp³-hybridized carbons (Fsp3) is 0.353. The Morgan fingerprint density at radius 1 is 1.45 bits per heavy atom. The molecule has 0 saturated heterocycles. The predicted octanol–water partition coefficient (Wildman–Crippen LogP) is 3.02. The van der Waals surface area contributed by atoms with Crippen molar-refractivity contribution in [1.29, 1.82) is 0 Å². The fourth-order valence-corrected chi connectivity index (χ4v) is 3.03. The van der Waals surface area contributed by atoms with Crippen molar-refractivity contribution in [3.05, 3.63) is 52.6 Å². The number of allylic oxidation sites excluding steroid dienone is 3. The van der Waals surface area contributed by atoms with Crippen molar-refractivity contribution in [2.24, 2.45) is 5.92 Å². The van der Waals surface area contributed by atoms with Crippen molar-refractivity contribution in [3.8, 4) is 5.75 Å². The predicted molar refractivity (Wildman–Crippen MR) is 85.1 cm³/mol. The van der Waals surface area contributed by atoms with Crippen LogP contribution in [0.2, 0.25) is 0 Å². The van der Waals surface area contributed by atoms with Crippen molar-refractivity contribution in [2.75, 3.05) is 13.7 Å². The largest absolute Gasteiger partial charge is 0.492 e. The molecule has 2 atom stereocenters. The molecule has 4 nitrogen and oxygen atoms in total. The maximum atomic E-state index is 11.6. The van der Waals surface area contributed by atoms with Crippen LogP contribution in [0.4, 0.5) is 0 Å². The van der Waals surface area contributed by atoms with Gasteiger partial charge in [-0.15, -0.1) is 0 Å². The number of esters is 1. The van der Waals surface area contributed by atoms with Gasteiger partial charge in [-0.2, -0.15) is 0 Å². The zero-order chi connectivity index (χ0) is 15.5. The number of carbonyl (C=O) groups excluding carboxylic acids is 1. The first-order valence-corrected chi connectivity index (χ1v) is 7.65. The Morgan fingerprint density at radius 3 is 3.09 bits per heavy atom. The van der Waals surface area contributed by atoms with Gasteiger partial charge in [0.1, 0.15) is 12.4 Å². The van der Waals surface area contributed by atoms with E-state index in [1.165, 1.54) is 7.11 Å². The van der Waals surface area contributed by atoms with Gasteiger partial charge in [0.05, 0.1) is 12.7 Å². The highest BCUT2D eigenvalue weighted by atomic mass is 35.5. The molecule has 0 radical (unpaired) electrons. The van der Waals surface area contributed by atoms with Crippen LogP contribution in [-0.4, -0.2) is 25.7 Å². The molecule has 2 aliphatic rings. The number of nitrogens with one attached hydrogen (secondary N) is 1. The van der Waals surface area contributed by atoms with Gasteiger partial charge in [0.15, 0.2) is 0 Å². The van der Waals surface area contributed by atoms with Crippen LogP contribution in [0, 0.1) is 5.92 Å². The van der Waals surface area contributed by atoms with Crippen LogP contribution >= 0.6 is 11.6 Å². The molecule has 3 rings (SSSR count). The molecule has 0 amide bonds. The lowest BCUT2D eigenvalue weighted by atomic mass is 9.93. The maximum absolute atomic E-state index is 11.6. The van der Waals surface area contributed by atoms with Crippen LogP contribution < -0.4 is 10.1 Å². The SMILES string of the molecule is COC(=O)c1ccc2c(c1)OC[C@H](C1C=CC=C(Cl)C1)NC2. The van der Waals surface area contributed by atoms with Crippen molar-refractivity contribution in [2.45, 2.75) is 19.0 Å². The summed E-state index contributed by atoms with van der Waals surface area (Å²) in [6.45, 7) is 1.24. The number of carbonyl (C=O) groups is 1. The van der Waals surface area contributed by atoms with Crippen molar-refractivity contribution in [1.82, 2.24) is 5.32 Å². The monoisotopic (exact) mass is 319 g/mol. The number of halogens is 1. The summed E-state index contributed by atoms with van der Waals surface area (Å²) >= 11 is 6.12. The molecule has 0 aromatic heterocycles. The molecule has 22 heavy (non-hydrogen) atoms. The van der Waals surface area contributed by atoms with E-state index in [0.29, 0.717) is 24.6 Å². The van der Waals surface area contributed by atoms with Crippen LogP contribution in [-0.2, 0) is 11.3 Å². The molecule has 1 unspecified atom stereocenters. The molecule has 5 heteroatoms. The molecule has 116 valence electrons. The summed E-state index contributed by atoms with van der Waals surface area (Å²) in [6.07, 6.45) is 6.89. The number of methoxy groups -OCH3 is 1. The highest BCUT2D eigenvalue weighted by Crippen LogP contribution is 2.28. The normalized spacial score (nSPS) is 23.8. The summed E-state index contributed by atoms with van der Waals surface area (Å²) in [5, 5.41) is 4.38. The topological polar surface area (TPSA) is 47.6 Å². The number of fused-ring (bicyclic) bond motifs is 1. The zero-order valence-corrected chi connectivity index (χ0v) is 13.1. The Hall–Kier alpha value is -1.78. The van der Waals surface area contributed by atoms with E-state index in [9.17, 15) is 4.79 Å². The summed E-state index contributed by atoms with van der Waals surface area (Å²) in [6, 6.07) is 5.60. The van der Waals surface area contributed by atoms with Crippen molar-refractivity contribution >= 4 is 17.6 Å². The van der Waals surface area contributed by atoms with Gasteiger partial charge in [-0.1, -0.05) is 29.8 Å². The van der Waals surface area contributed by atoms with E-state index >= 15 is 0 Å². The first-order valence-electron chi connectivity index (χ1n) is 7.27. The van der Waals surface area contributed by atoms with Crippen molar-refractivity contribution < 1.29 is 14.3 Å². The Bertz CT molecular complexity index is 639. The molecule has 0 spiro atoms. The summed E-state index contributed by atoms with van der Waals surface area (Å²) in [5.74, 6) is 0.693. The molecule has 1 aliphatic carbocycles. The summed E-state index contributed by atoms with van der Waals surface area (Å²) in [7, 11) is 1.37. The first kappa shape index (κ1) is 15.1. The summed E-state index contributed by atoms with van der Waals surface area (Å²) in [4.78, 5) is 11.6. The molecule has 0 fully saturated rings. The van der Waals surface area contributed by atoms with Crippen LogP contribution in [0.5, 0.6) is 5.75 Å². The molecule has 0 bridgehead atoms. The lowest BCUT2D eigenvalue weighted by Gasteiger charge is -2.25. The Labute approximate surface area is 134 Å². The first-order chi connectivity index (χ1) is 10.7. The molecular weight excluding hydrogens is 302 g/mol. The minimum atomic E-state index is -0.354. The minimum Gasteiger partial charge on any atom is -0.492 e. The molecular formula is C17H18ClNO3. The Balaban J connectivity index is 1.74. The van der Waals surface area contributed by atoms with Gasteiger partial charge in [-0.3, -0.25) is 0 Å². The van der Waals surface area contributed by atoms with Gasteiger partial charge >= 0.3 is 5.97 Å². The van der Waals surface area contributed by atoms with Gasteiger partial charge in [-0.25, -0.2) is 4.79 Å². The lowest BCUT2D eigenvalue weighted by molar-refractivity contribution is 0.0600. The number of hydrogen-bond acceptors (Lipinski definition) is 4. The standard InChI is InChI=1S/C17H18ClNO3/c1-21-17(20)12-5-6-13-9-19-15(10-22-16(13)8-12)11-3-2-4-14(18)7-11/h2-6,8,11,15,19H,7,9-10H2,1H3/t11?,15-/m1/s1. The smallest absolute Gasteiger partial charge is 0.337 e. The number of hydrogen-bond donors (Lipinski definition) is 1. The quantitative estimate of drug-likeness (QED) is 0.851. The zero-order valence-electron chi connectivity index (χ0n) is 12.3. The second-order valence-electron chi connectivity index (χ2n) is 5.48. The average molecular weight is 320 g/mol. The molecule has 1 aromatic rings. The van der Waals surface area contributed by atoms with Crippen LogP contribution in [0.1, 0.15) is 22.3 Å². The second-order valence-corrected chi connectivity index (χ2v) is 5.96. The molecule has 1 aliphatic heterocycles. The fourth-order valence-electron chi connectivity index (χ4n) is 2.77. The van der Waals surface area contributed by atoms with Crippen molar-refractivity contribution in [3.63, 3.8) is 0 Å².